The van der Waals surface area contributed by atoms with E-state index in [-0.39, 0.29) is 12.3 Å². The van der Waals surface area contributed by atoms with Crippen LogP contribution in [0.25, 0.3) is 0 Å². The number of hydrogen-bond donors (Lipinski definition) is 2. The Hall–Kier alpha value is -2.82. The highest BCUT2D eigenvalue weighted by molar-refractivity contribution is 5.94. The highest BCUT2D eigenvalue weighted by Gasteiger charge is 2.06. The highest BCUT2D eigenvalue weighted by Crippen LogP contribution is 2.15. The Morgan fingerprint density at radius 1 is 0.923 bits per heavy atom. The normalized spacial score (nSPS) is 10.3. The fraction of sp³-hybridized carbons (Fsp3) is 0.333. The predicted octanol–water partition coefficient (Wildman–Crippen LogP) is 4.03. The molecule has 0 atom stereocenters. The van der Waals surface area contributed by atoms with Gasteiger partial charge in [-0.05, 0) is 36.6 Å². The van der Waals surface area contributed by atoms with Crippen LogP contribution in [0.3, 0.4) is 0 Å². The molecule has 0 unspecified atom stereocenters. The fourth-order valence-electron chi connectivity index (χ4n) is 2.53. The van der Waals surface area contributed by atoms with Gasteiger partial charge < -0.3 is 15.2 Å². The topological polar surface area (TPSA) is 75.6 Å². The molecule has 138 valence electrons. The summed E-state index contributed by atoms with van der Waals surface area (Å²) in [4.78, 5) is 22.6. The number of carboxylic acids is 1. The summed E-state index contributed by atoms with van der Waals surface area (Å²) in [6.07, 6.45) is 3.51. The van der Waals surface area contributed by atoms with Gasteiger partial charge in [0.15, 0.2) is 0 Å². The Morgan fingerprint density at radius 3 is 2.46 bits per heavy atom. The van der Waals surface area contributed by atoms with Crippen LogP contribution < -0.4 is 10.1 Å². The van der Waals surface area contributed by atoms with Crippen LogP contribution in [0.15, 0.2) is 54.6 Å². The molecular weight excluding hydrogens is 330 g/mol. The number of unbranched alkanes of at least 4 members (excludes halogenated alkanes) is 3. The van der Waals surface area contributed by atoms with Crippen LogP contribution in [0.2, 0.25) is 0 Å². The molecule has 0 heterocycles. The van der Waals surface area contributed by atoms with E-state index in [1.807, 2.05) is 36.4 Å². The number of carboxylic acid groups (broad SMARTS) is 1. The van der Waals surface area contributed by atoms with E-state index in [0.717, 1.165) is 24.8 Å². The minimum absolute atomic E-state index is 0.124. The van der Waals surface area contributed by atoms with Gasteiger partial charge in [-0.2, -0.15) is 0 Å². The van der Waals surface area contributed by atoms with E-state index in [4.69, 9.17) is 9.84 Å². The van der Waals surface area contributed by atoms with Crippen molar-refractivity contribution in [2.45, 2.75) is 38.7 Å². The van der Waals surface area contributed by atoms with Gasteiger partial charge in [0, 0.05) is 18.5 Å². The number of hydrogen-bond acceptors (Lipinski definition) is 3. The van der Waals surface area contributed by atoms with Gasteiger partial charge in [0.2, 0.25) is 0 Å². The van der Waals surface area contributed by atoms with Crippen molar-refractivity contribution >= 4 is 11.9 Å². The Balaban J connectivity index is 1.71. The van der Waals surface area contributed by atoms with E-state index in [0.29, 0.717) is 30.9 Å². The van der Waals surface area contributed by atoms with E-state index in [9.17, 15) is 9.59 Å². The summed E-state index contributed by atoms with van der Waals surface area (Å²) in [5, 5.41) is 11.5. The maximum Gasteiger partial charge on any atom is 0.303 e. The monoisotopic (exact) mass is 355 g/mol. The minimum Gasteiger partial charge on any atom is -0.489 e. The Labute approximate surface area is 154 Å². The minimum atomic E-state index is -0.757. The first-order chi connectivity index (χ1) is 12.6. The molecular formula is C21H25NO4. The zero-order valence-electron chi connectivity index (χ0n) is 14.8. The second-order valence-electron chi connectivity index (χ2n) is 6.12. The highest BCUT2D eigenvalue weighted by atomic mass is 16.5. The SMILES string of the molecule is O=C(O)CCCCCCNC(=O)c1cccc(OCc2ccccc2)c1. The van der Waals surface area contributed by atoms with Crippen molar-refractivity contribution in [3.63, 3.8) is 0 Å². The molecule has 5 heteroatoms. The zero-order valence-corrected chi connectivity index (χ0v) is 14.8. The molecule has 0 fully saturated rings. The lowest BCUT2D eigenvalue weighted by Crippen LogP contribution is -2.24. The average Bonchev–Trinajstić information content (AvgIpc) is 2.66. The maximum atomic E-state index is 12.2. The first-order valence-electron chi connectivity index (χ1n) is 8.92. The van der Waals surface area contributed by atoms with E-state index in [2.05, 4.69) is 5.32 Å². The first kappa shape index (κ1) is 19.5. The van der Waals surface area contributed by atoms with Crippen LogP contribution in [-0.4, -0.2) is 23.5 Å². The van der Waals surface area contributed by atoms with E-state index in [1.54, 1.807) is 18.2 Å². The van der Waals surface area contributed by atoms with Crippen LogP contribution >= 0.6 is 0 Å². The van der Waals surface area contributed by atoms with Gasteiger partial charge in [0.1, 0.15) is 12.4 Å². The van der Waals surface area contributed by atoms with Gasteiger partial charge in [0.05, 0.1) is 0 Å². The molecule has 0 aliphatic carbocycles. The smallest absolute Gasteiger partial charge is 0.303 e. The molecule has 0 aliphatic heterocycles. The summed E-state index contributed by atoms with van der Waals surface area (Å²) in [5.41, 5.74) is 1.65. The van der Waals surface area contributed by atoms with Crippen LogP contribution in [0.5, 0.6) is 5.75 Å². The van der Waals surface area contributed by atoms with E-state index in [1.165, 1.54) is 0 Å². The summed E-state index contributed by atoms with van der Waals surface area (Å²) in [7, 11) is 0. The Morgan fingerprint density at radius 2 is 1.69 bits per heavy atom. The molecule has 0 saturated heterocycles. The lowest BCUT2D eigenvalue weighted by molar-refractivity contribution is -0.137. The molecule has 2 N–H and O–H groups in total. The van der Waals surface area contributed by atoms with Crippen LogP contribution in [0.1, 0.15) is 48.0 Å². The third-order valence-electron chi connectivity index (χ3n) is 3.95. The molecule has 1 amide bonds. The summed E-state index contributed by atoms with van der Waals surface area (Å²) < 4.78 is 5.74. The quantitative estimate of drug-likeness (QED) is 0.597. The van der Waals surface area contributed by atoms with Crippen molar-refractivity contribution in [1.29, 1.82) is 0 Å². The molecule has 0 radical (unpaired) electrons. The second kappa shape index (κ2) is 10.9. The lowest BCUT2D eigenvalue weighted by Gasteiger charge is -2.09. The van der Waals surface area contributed by atoms with Crippen molar-refractivity contribution in [2.24, 2.45) is 0 Å². The predicted molar refractivity (Wildman–Crippen MR) is 100 cm³/mol. The number of carbonyl (C=O) groups is 2. The Bertz CT molecular complexity index is 700. The number of rotatable bonds is 11. The van der Waals surface area contributed by atoms with Crippen LogP contribution in [0.4, 0.5) is 0 Å². The Kier molecular flexibility index (Phi) is 8.19. The third-order valence-corrected chi connectivity index (χ3v) is 3.95. The maximum absolute atomic E-state index is 12.2. The summed E-state index contributed by atoms with van der Waals surface area (Å²) in [5.74, 6) is -0.219. The van der Waals surface area contributed by atoms with Gasteiger partial charge in [-0.25, -0.2) is 0 Å². The third kappa shape index (κ3) is 7.38. The largest absolute Gasteiger partial charge is 0.489 e. The van der Waals surface area contributed by atoms with Crippen molar-refractivity contribution in [2.75, 3.05) is 6.54 Å². The standard InChI is InChI=1S/C21H25NO4/c23-20(24)13-6-1-2-7-14-22-21(25)18-11-8-12-19(15-18)26-16-17-9-4-3-5-10-17/h3-5,8-12,15H,1-2,6-7,13-14,16H2,(H,22,25)(H,23,24). The molecule has 2 aromatic carbocycles. The van der Waals surface area contributed by atoms with E-state index < -0.39 is 5.97 Å². The van der Waals surface area contributed by atoms with Crippen molar-refractivity contribution in [3.05, 3.63) is 65.7 Å². The van der Waals surface area contributed by atoms with Gasteiger partial charge in [-0.1, -0.05) is 49.2 Å². The molecule has 0 bridgehead atoms. The summed E-state index contributed by atoms with van der Waals surface area (Å²) in [6, 6.07) is 17.0. The molecule has 0 aliphatic rings. The average molecular weight is 355 g/mol. The van der Waals surface area contributed by atoms with Crippen LogP contribution in [-0.2, 0) is 11.4 Å². The van der Waals surface area contributed by atoms with Crippen molar-refractivity contribution < 1.29 is 19.4 Å². The number of nitrogens with one attached hydrogen (secondary N) is 1. The molecule has 2 aromatic rings. The molecule has 0 aromatic heterocycles. The van der Waals surface area contributed by atoms with Gasteiger partial charge in [0.25, 0.3) is 5.91 Å². The number of benzene rings is 2. The molecule has 2 rings (SSSR count). The second-order valence-corrected chi connectivity index (χ2v) is 6.12. The summed E-state index contributed by atoms with van der Waals surface area (Å²) >= 11 is 0. The first-order valence-corrected chi connectivity index (χ1v) is 8.92. The van der Waals surface area contributed by atoms with Crippen molar-refractivity contribution in [1.82, 2.24) is 5.32 Å². The number of ether oxygens (including phenoxy) is 1. The molecule has 0 saturated carbocycles. The zero-order chi connectivity index (χ0) is 18.6. The fourth-order valence-corrected chi connectivity index (χ4v) is 2.53. The molecule has 5 nitrogen and oxygen atoms in total. The number of amides is 1. The number of carbonyl (C=O) groups excluding carboxylic acids is 1. The number of aliphatic carboxylic acids is 1. The van der Waals surface area contributed by atoms with E-state index >= 15 is 0 Å². The molecule has 0 spiro atoms. The van der Waals surface area contributed by atoms with Gasteiger partial charge in [-0.3, -0.25) is 9.59 Å². The molecule has 26 heavy (non-hydrogen) atoms. The van der Waals surface area contributed by atoms with Crippen molar-refractivity contribution in [3.8, 4) is 5.75 Å². The van der Waals surface area contributed by atoms with Crippen LogP contribution in [0, 0.1) is 0 Å². The summed E-state index contributed by atoms with van der Waals surface area (Å²) in [6.45, 7) is 1.04. The van der Waals surface area contributed by atoms with Gasteiger partial charge >= 0.3 is 5.97 Å². The van der Waals surface area contributed by atoms with Gasteiger partial charge in [-0.15, -0.1) is 0 Å². The lowest BCUT2D eigenvalue weighted by atomic mass is 10.1.